The Morgan fingerprint density at radius 1 is 1.24 bits per heavy atom. The zero-order chi connectivity index (χ0) is 24.4. The van der Waals surface area contributed by atoms with E-state index in [4.69, 9.17) is 5.26 Å². The Morgan fingerprint density at radius 3 is 2.64 bits per heavy atom. The number of carbonyl (C=O) groups excluding carboxylic acids is 3. The molecule has 0 radical (unpaired) electrons. The van der Waals surface area contributed by atoms with Gasteiger partial charge in [0.2, 0.25) is 5.91 Å². The number of benzene rings is 1. The molecule has 0 saturated heterocycles. The van der Waals surface area contributed by atoms with Crippen LogP contribution < -0.4 is 10.6 Å². The number of para-hydroxylation sites is 1. The molecule has 0 aliphatic carbocycles. The summed E-state index contributed by atoms with van der Waals surface area (Å²) in [7, 11) is 0. The van der Waals surface area contributed by atoms with E-state index in [1.807, 2.05) is 52.0 Å². The Bertz CT molecular complexity index is 1000. The van der Waals surface area contributed by atoms with Gasteiger partial charge in [0, 0.05) is 31.3 Å². The van der Waals surface area contributed by atoms with E-state index >= 15 is 0 Å². The molecule has 2 amide bonds. The van der Waals surface area contributed by atoms with Gasteiger partial charge in [-0.15, -0.1) is 0 Å². The van der Waals surface area contributed by atoms with E-state index in [0.29, 0.717) is 32.4 Å². The third kappa shape index (κ3) is 7.41. The highest BCUT2D eigenvalue weighted by atomic mass is 16.2. The van der Waals surface area contributed by atoms with E-state index in [-0.39, 0.29) is 17.5 Å². The number of nitriles is 1. The van der Waals surface area contributed by atoms with Crippen molar-refractivity contribution in [2.45, 2.75) is 72.4 Å². The van der Waals surface area contributed by atoms with Crippen LogP contribution in [0.5, 0.6) is 0 Å². The molecule has 178 valence electrons. The Balaban J connectivity index is 2.18. The van der Waals surface area contributed by atoms with Crippen LogP contribution in [0.15, 0.2) is 24.3 Å². The molecule has 0 spiro atoms. The first-order chi connectivity index (χ1) is 15.7. The first kappa shape index (κ1) is 26.0. The average molecular weight is 454 g/mol. The standard InChI is InChI=1S/C25H35N5O3/c1-18(11-10-16-31)17-27-24(33)22(25(2,3)4)28-23(32)21-19-12-6-7-13-20(19)30(29-21)15-9-5-8-14-26/h6-7,12-13,16,18,22H,5,8-11,15,17H2,1-4H3,(H,27,33)(H,28,32). The van der Waals surface area contributed by atoms with Gasteiger partial charge in [0.25, 0.3) is 5.91 Å². The highest BCUT2D eigenvalue weighted by molar-refractivity contribution is 6.06. The van der Waals surface area contributed by atoms with Crippen molar-refractivity contribution in [3.63, 3.8) is 0 Å². The van der Waals surface area contributed by atoms with Crippen LogP contribution in [0.2, 0.25) is 0 Å². The minimum atomic E-state index is -0.747. The van der Waals surface area contributed by atoms with Crippen molar-refractivity contribution in [3.8, 4) is 6.07 Å². The molecule has 8 heteroatoms. The first-order valence-corrected chi connectivity index (χ1v) is 11.5. The minimum absolute atomic E-state index is 0.163. The zero-order valence-corrected chi connectivity index (χ0v) is 20.1. The summed E-state index contributed by atoms with van der Waals surface area (Å²) in [5.41, 5.74) is 0.620. The van der Waals surface area contributed by atoms with Crippen molar-refractivity contribution in [3.05, 3.63) is 30.0 Å². The number of aldehydes is 1. The summed E-state index contributed by atoms with van der Waals surface area (Å²) in [6.07, 6.45) is 4.09. The predicted octanol–water partition coefficient (Wildman–Crippen LogP) is 3.61. The van der Waals surface area contributed by atoms with E-state index in [1.54, 1.807) is 4.68 Å². The van der Waals surface area contributed by atoms with Crippen molar-refractivity contribution >= 4 is 29.0 Å². The van der Waals surface area contributed by atoms with Crippen LogP contribution in [-0.2, 0) is 16.1 Å². The molecular formula is C25H35N5O3. The number of aromatic nitrogens is 2. The van der Waals surface area contributed by atoms with Gasteiger partial charge in [-0.05, 0) is 36.7 Å². The van der Waals surface area contributed by atoms with E-state index in [2.05, 4.69) is 21.8 Å². The molecule has 0 fully saturated rings. The maximum Gasteiger partial charge on any atom is 0.273 e. The molecule has 1 aromatic heterocycles. The summed E-state index contributed by atoms with van der Waals surface area (Å²) in [6.45, 7) is 8.73. The summed E-state index contributed by atoms with van der Waals surface area (Å²) >= 11 is 0. The third-order valence-corrected chi connectivity index (χ3v) is 5.59. The molecule has 2 aromatic rings. The summed E-state index contributed by atoms with van der Waals surface area (Å²) in [5.74, 6) is -0.490. The van der Waals surface area contributed by atoms with Crippen LogP contribution >= 0.6 is 0 Å². The van der Waals surface area contributed by atoms with Gasteiger partial charge in [-0.1, -0.05) is 45.9 Å². The summed E-state index contributed by atoms with van der Waals surface area (Å²) in [4.78, 5) is 36.8. The lowest BCUT2D eigenvalue weighted by molar-refractivity contribution is -0.125. The number of hydrogen-bond acceptors (Lipinski definition) is 5. The largest absolute Gasteiger partial charge is 0.354 e. The molecule has 0 bridgehead atoms. The lowest BCUT2D eigenvalue weighted by Gasteiger charge is -2.30. The molecule has 0 aliphatic rings. The number of unbranched alkanes of at least 4 members (excludes halogenated alkanes) is 2. The molecule has 0 saturated carbocycles. The maximum absolute atomic E-state index is 13.2. The van der Waals surface area contributed by atoms with Gasteiger partial charge in [0.15, 0.2) is 5.69 Å². The van der Waals surface area contributed by atoms with Crippen LogP contribution in [0.1, 0.15) is 70.3 Å². The second-order valence-corrected chi connectivity index (χ2v) is 9.57. The van der Waals surface area contributed by atoms with Crippen molar-refractivity contribution in [2.24, 2.45) is 11.3 Å². The number of hydrogen-bond donors (Lipinski definition) is 2. The molecule has 2 N–H and O–H groups in total. The highest BCUT2D eigenvalue weighted by Crippen LogP contribution is 2.23. The lowest BCUT2D eigenvalue weighted by Crippen LogP contribution is -2.54. The summed E-state index contributed by atoms with van der Waals surface area (Å²) < 4.78 is 1.79. The first-order valence-electron chi connectivity index (χ1n) is 11.5. The van der Waals surface area contributed by atoms with E-state index < -0.39 is 17.4 Å². The second kappa shape index (κ2) is 12.1. The smallest absolute Gasteiger partial charge is 0.273 e. The van der Waals surface area contributed by atoms with Crippen molar-refractivity contribution < 1.29 is 14.4 Å². The fourth-order valence-electron chi connectivity index (χ4n) is 3.64. The van der Waals surface area contributed by atoms with Gasteiger partial charge in [-0.2, -0.15) is 10.4 Å². The fourth-order valence-corrected chi connectivity index (χ4v) is 3.64. The van der Waals surface area contributed by atoms with Gasteiger partial charge in [0.05, 0.1) is 11.6 Å². The number of carbonyl (C=O) groups is 3. The van der Waals surface area contributed by atoms with Gasteiger partial charge < -0.3 is 15.4 Å². The lowest BCUT2D eigenvalue weighted by atomic mass is 9.85. The van der Waals surface area contributed by atoms with Gasteiger partial charge in [-0.3, -0.25) is 14.3 Å². The monoisotopic (exact) mass is 453 g/mol. The number of aryl methyl sites for hydroxylation is 1. The quantitative estimate of drug-likeness (QED) is 0.376. The molecule has 0 aliphatic heterocycles. The molecule has 1 heterocycles. The Morgan fingerprint density at radius 2 is 1.97 bits per heavy atom. The number of amides is 2. The molecule has 1 aromatic carbocycles. The van der Waals surface area contributed by atoms with Crippen LogP contribution in [0, 0.1) is 22.7 Å². The number of nitrogens with one attached hydrogen (secondary N) is 2. The van der Waals surface area contributed by atoms with Gasteiger partial charge in [0.1, 0.15) is 12.3 Å². The SMILES string of the molecule is CC(CCC=O)CNC(=O)C(NC(=O)c1nn(CCCCC#N)c2ccccc12)C(C)(C)C. The maximum atomic E-state index is 13.2. The van der Waals surface area contributed by atoms with Crippen LogP contribution in [0.4, 0.5) is 0 Å². The Labute approximate surface area is 195 Å². The van der Waals surface area contributed by atoms with Crippen molar-refractivity contribution in [1.82, 2.24) is 20.4 Å². The summed E-state index contributed by atoms with van der Waals surface area (Å²) in [5, 5.41) is 19.8. The average Bonchev–Trinajstić information content (AvgIpc) is 3.15. The van der Waals surface area contributed by atoms with Crippen molar-refractivity contribution in [2.75, 3.05) is 6.54 Å². The molecule has 2 rings (SSSR count). The topological polar surface area (TPSA) is 117 Å². The Hall–Kier alpha value is -3.21. The van der Waals surface area contributed by atoms with E-state index in [0.717, 1.165) is 30.0 Å². The number of nitrogens with zero attached hydrogens (tertiary/aromatic N) is 3. The second-order valence-electron chi connectivity index (χ2n) is 9.57. The predicted molar refractivity (Wildman–Crippen MR) is 127 cm³/mol. The van der Waals surface area contributed by atoms with E-state index in [9.17, 15) is 14.4 Å². The summed E-state index contributed by atoms with van der Waals surface area (Å²) in [6, 6.07) is 8.91. The third-order valence-electron chi connectivity index (χ3n) is 5.59. The van der Waals surface area contributed by atoms with Gasteiger partial charge >= 0.3 is 0 Å². The molecular weight excluding hydrogens is 418 g/mol. The zero-order valence-electron chi connectivity index (χ0n) is 20.1. The molecule has 2 unspecified atom stereocenters. The minimum Gasteiger partial charge on any atom is -0.354 e. The van der Waals surface area contributed by atoms with Crippen LogP contribution in [-0.4, -0.2) is 40.5 Å². The van der Waals surface area contributed by atoms with Crippen LogP contribution in [0.3, 0.4) is 0 Å². The number of rotatable bonds is 12. The van der Waals surface area contributed by atoms with Crippen molar-refractivity contribution in [1.29, 1.82) is 5.26 Å². The molecule has 2 atom stereocenters. The fraction of sp³-hybridized carbons (Fsp3) is 0.560. The molecule has 8 nitrogen and oxygen atoms in total. The molecule has 33 heavy (non-hydrogen) atoms. The van der Waals surface area contributed by atoms with Gasteiger partial charge in [-0.25, -0.2) is 0 Å². The van der Waals surface area contributed by atoms with Crippen LogP contribution in [0.25, 0.3) is 10.9 Å². The number of fused-ring (bicyclic) bond motifs is 1. The van der Waals surface area contributed by atoms with E-state index in [1.165, 1.54) is 0 Å². The normalized spacial score (nSPS) is 13.2. The highest BCUT2D eigenvalue weighted by Gasteiger charge is 2.34. The Kier molecular flexibility index (Phi) is 9.58.